The van der Waals surface area contributed by atoms with Crippen molar-refractivity contribution in [1.82, 2.24) is 0 Å². The molecule has 3 heteroatoms. The van der Waals surface area contributed by atoms with Crippen LogP contribution >= 0.6 is 0 Å². The number of aliphatic hydroxyl groups is 1. The van der Waals surface area contributed by atoms with E-state index in [4.69, 9.17) is 9.52 Å². The predicted molar refractivity (Wildman–Crippen MR) is 95.9 cm³/mol. The molecule has 0 aromatic carbocycles. The van der Waals surface area contributed by atoms with E-state index >= 15 is 0 Å². The van der Waals surface area contributed by atoms with Gasteiger partial charge in [0.1, 0.15) is 6.29 Å². The summed E-state index contributed by atoms with van der Waals surface area (Å²) in [5.41, 5.74) is 3.49. The lowest BCUT2D eigenvalue weighted by atomic mass is 10.1. The van der Waals surface area contributed by atoms with Crippen LogP contribution in [0.2, 0.25) is 0 Å². The largest absolute Gasteiger partial charge is 0.515 e. The molecule has 1 rings (SSSR count). The first-order valence-electron chi connectivity index (χ1n) is 7.37. The van der Waals surface area contributed by atoms with Crippen molar-refractivity contribution < 1.29 is 14.3 Å². The highest BCUT2D eigenvalue weighted by molar-refractivity contribution is 5.72. The van der Waals surface area contributed by atoms with Crippen molar-refractivity contribution in [2.45, 2.75) is 27.7 Å². The highest BCUT2D eigenvalue weighted by atomic mass is 16.3. The van der Waals surface area contributed by atoms with Crippen LogP contribution in [-0.4, -0.2) is 11.4 Å². The zero-order valence-electron chi connectivity index (χ0n) is 14.0. The zero-order valence-corrected chi connectivity index (χ0v) is 14.0. The smallest absolute Gasteiger partial charge is 0.356 e. The topological polar surface area (TPSA) is 48.6 Å². The van der Waals surface area contributed by atoms with Crippen molar-refractivity contribution in [2.24, 2.45) is 0 Å². The molecule has 0 saturated carbocycles. The normalized spacial score (nSPS) is 14.0. The van der Waals surface area contributed by atoms with E-state index in [2.05, 4.69) is 0 Å². The van der Waals surface area contributed by atoms with E-state index in [1.54, 1.807) is 26.0 Å². The Bertz CT molecular complexity index is 702. The van der Waals surface area contributed by atoms with Gasteiger partial charge in [0, 0.05) is 18.2 Å². The summed E-state index contributed by atoms with van der Waals surface area (Å²) in [4.78, 5) is 10.5. The molecule has 0 bridgehead atoms. The van der Waals surface area contributed by atoms with Crippen molar-refractivity contribution in [3.8, 4) is 0 Å². The number of hydrogen-bond acceptors (Lipinski definition) is 2. The Hall–Kier alpha value is -2.68. The second kappa shape index (κ2) is 9.36. The molecule has 0 atom stereocenters. The van der Waals surface area contributed by atoms with Gasteiger partial charge in [-0.2, -0.15) is 0 Å². The Labute approximate surface area is 137 Å². The molecule has 1 aromatic rings. The first kappa shape index (κ1) is 18.4. The molecule has 0 amide bonds. The zero-order chi connectivity index (χ0) is 17.2. The van der Waals surface area contributed by atoms with Crippen LogP contribution in [0.5, 0.6) is 0 Å². The van der Waals surface area contributed by atoms with Crippen LogP contribution in [0.1, 0.15) is 37.9 Å². The van der Waals surface area contributed by atoms with Gasteiger partial charge in [0.25, 0.3) is 0 Å². The SMILES string of the molecule is C\C(C=O)=C/C=C/C=C(\C)c1cc(C)cc(/C=C/C(C)=C/O)[o+]1. The lowest BCUT2D eigenvalue weighted by Crippen LogP contribution is -1.85. The summed E-state index contributed by atoms with van der Waals surface area (Å²) in [5, 5.41) is 8.90. The third-order valence-corrected chi connectivity index (χ3v) is 3.06. The minimum absolute atomic E-state index is 0.673. The number of aldehydes is 1. The Morgan fingerprint density at radius 1 is 1.09 bits per heavy atom. The molecule has 1 aromatic heterocycles. The fourth-order valence-electron chi connectivity index (χ4n) is 1.72. The van der Waals surface area contributed by atoms with Crippen LogP contribution < -0.4 is 0 Å². The lowest BCUT2D eigenvalue weighted by molar-refractivity contribution is -0.104. The summed E-state index contributed by atoms with van der Waals surface area (Å²) < 4.78 is 5.84. The fraction of sp³-hybridized carbons (Fsp3) is 0.200. The minimum Gasteiger partial charge on any atom is -0.515 e. The maximum Gasteiger partial charge on any atom is 0.356 e. The van der Waals surface area contributed by atoms with E-state index in [-0.39, 0.29) is 0 Å². The van der Waals surface area contributed by atoms with Gasteiger partial charge in [0.15, 0.2) is 0 Å². The fourth-order valence-corrected chi connectivity index (χ4v) is 1.72. The van der Waals surface area contributed by atoms with Crippen molar-refractivity contribution in [3.63, 3.8) is 0 Å². The number of hydrogen-bond donors (Lipinski definition) is 1. The van der Waals surface area contributed by atoms with Crippen LogP contribution in [0, 0.1) is 6.92 Å². The Kier molecular flexibility index (Phi) is 7.48. The third kappa shape index (κ3) is 6.74. The molecule has 3 nitrogen and oxygen atoms in total. The van der Waals surface area contributed by atoms with E-state index in [9.17, 15) is 4.79 Å². The molecule has 0 aliphatic rings. The van der Waals surface area contributed by atoms with Crippen molar-refractivity contribution in [3.05, 3.63) is 77.0 Å². The second-order valence-corrected chi connectivity index (χ2v) is 5.37. The molecule has 0 aliphatic carbocycles. The van der Waals surface area contributed by atoms with Crippen LogP contribution in [-0.2, 0) is 4.79 Å². The average molecular weight is 311 g/mol. The van der Waals surface area contributed by atoms with E-state index in [0.717, 1.165) is 40.8 Å². The van der Waals surface area contributed by atoms with Crippen LogP contribution in [0.25, 0.3) is 11.6 Å². The molecule has 1 heterocycles. The first-order valence-corrected chi connectivity index (χ1v) is 7.37. The van der Waals surface area contributed by atoms with Crippen LogP contribution in [0.15, 0.2) is 64.3 Å². The molecule has 0 saturated heterocycles. The molecular weight excluding hydrogens is 288 g/mol. The predicted octanol–water partition coefficient (Wildman–Crippen LogP) is 5.45. The second-order valence-electron chi connectivity index (χ2n) is 5.37. The molecule has 0 unspecified atom stereocenters. The van der Waals surface area contributed by atoms with Gasteiger partial charge in [0.2, 0.25) is 0 Å². The summed E-state index contributed by atoms with van der Waals surface area (Å²) >= 11 is 0. The minimum atomic E-state index is 0.673. The van der Waals surface area contributed by atoms with Gasteiger partial charge < -0.3 is 5.11 Å². The number of rotatable bonds is 6. The van der Waals surface area contributed by atoms with Crippen molar-refractivity contribution in [2.75, 3.05) is 0 Å². The highest BCUT2D eigenvalue weighted by Crippen LogP contribution is 2.19. The molecule has 0 fully saturated rings. The van der Waals surface area contributed by atoms with Crippen molar-refractivity contribution >= 4 is 17.9 Å². The van der Waals surface area contributed by atoms with E-state index in [1.165, 1.54) is 0 Å². The molecule has 0 spiro atoms. The summed E-state index contributed by atoms with van der Waals surface area (Å²) in [5.74, 6) is 1.49. The molecule has 120 valence electrons. The van der Waals surface area contributed by atoms with Gasteiger partial charge in [-0.25, -0.2) is 4.42 Å². The van der Waals surface area contributed by atoms with Gasteiger partial charge in [0.05, 0.1) is 11.8 Å². The lowest BCUT2D eigenvalue weighted by Gasteiger charge is -1.93. The number of carbonyl (C=O) groups is 1. The summed E-state index contributed by atoms with van der Waals surface area (Å²) in [7, 11) is 0. The Balaban J connectivity index is 3.01. The van der Waals surface area contributed by atoms with Gasteiger partial charge in [-0.1, -0.05) is 18.2 Å². The van der Waals surface area contributed by atoms with Crippen LogP contribution in [0.3, 0.4) is 0 Å². The molecular formula is C20H23O3+. The van der Waals surface area contributed by atoms with E-state index in [0.29, 0.717) is 5.57 Å². The number of aliphatic hydroxyl groups excluding tert-OH is 1. The summed E-state index contributed by atoms with van der Waals surface area (Å²) in [6.07, 6.45) is 12.8. The highest BCUT2D eigenvalue weighted by Gasteiger charge is 2.13. The summed E-state index contributed by atoms with van der Waals surface area (Å²) in [6, 6.07) is 3.90. The van der Waals surface area contributed by atoms with Gasteiger partial charge in [-0.3, -0.25) is 4.79 Å². The molecule has 0 aliphatic heterocycles. The van der Waals surface area contributed by atoms with Crippen LogP contribution in [0.4, 0.5) is 0 Å². The maximum absolute atomic E-state index is 10.5. The molecule has 0 radical (unpaired) electrons. The molecule has 1 N–H and O–H groups in total. The number of allylic oxidation sites excluding steroid dienone is 8. The molecule has 23 heavy (non-hydrogen) atoms. The standard InChI is InChI=1S/C20H22O3/c1-15(13-21)7-5-6-8-18(4)20-12-17(3)11-19(23-20)10-9-16(2)14-22/h5-14H,1-4H3/p+1/b6-5+,10-9+,15-7+,16-14+,18-8+. The van der Waals surface area contributed by atoms with Crippen molar-refractivity contribution in [1.29, 1.82) is 0 Å². The first-order chi connectivity index (χ1) is 11.0. The Morgan fingerprint density at radius 3 is 2.43 bits per heavy atom. The summed E-state index contributed by atoms with van der Waals surface area (Å²) in [6.45, 7) is 7.53. The average Bonchev–Trinajstić information content (AvgIpc) is 2.55. The number of aryl methyl sites for hydroxylation is 1. The van der Waals surface area contributed by atoms with E-state index < -0.39 is 0 Å². The van der Waals surface area contributed by atoms with Gasteiger partial charge in [-0.05, 0) is 56.6 Å². The van der Waals surface area contributed by atoms with E-state index in [1.807, 2.05) is 50.3 Å². The van der Waals surface area contributed by atoms with Gasteiger partial charge >= 0.3 is 11.5 Å². The third-order valence-electron chi connectivity index (χ3n) is 3.06. The monoisotopic (exact) mass is 311 g/mol. The maximum atomic E-state index is 10.5. The quantitative estimate of drug-likeness (QED) is 0.250. The number of carbonyl (C=O) groups excluding carboxylic acids is 1. The van der Waals surface area contributed by atoms with Gasteiger partial charge in [-0.15, -0.1) is 0 Å². The Morgan fingerprint density at radius 2 is 1.78 bits per heavy atom.